The summed E-state index contributed by atoms with van der Waals surface area (Å²) < 4.78 is 0. The van der Waals surface area contributed by atoms with Crippen LogP contribution in [0.3, 0.4) is 0 Å². The van der Waals surface area contributed by atoms with Gasteiger partial charge < -0.3 is 15.7 Å². The minimum Gasteiger partial charge on any atom is -0.480 e. The van der Waals surface area contributed by atoms with E-state index in [4.69, 9.17) is 5.11 Å². The van der Waals surface area contributed by atoms with E-state index >= 15 is 0 Å². The fourth-order valence-electron chi connectivity index (χ4n) is 1.55. The van der Waals surface area contributed by atoms with Crippen molar-refractivity contribution in [2.45, 2.75) is 39.3 Å². The summed E-state index contributed by atoms with van der Waals surface area (Å²) in [6.07, 6.45) is 1.29. The topological polar surface area (TPSA) is 78.4 Å². The number of carboxylic acids is 1. The summed E-state index contributed by atoms with van der Waals surface area (Å²) in [6, 6.07) is 0.754. The third-order valence-corrected chi connectivity index (χ3v) is 3.60. The van der Waals surface area contributed by atoms with Gasteiger partial charge in [-0.05, 0) is 29.9 Å². The Balaban J connectivity index is 2.44. The first-order valence-corrected chi connectivity index (χ1v) is 6.78. The highest BCUT2D eigenvalue weighted by Crippen LogP contribution is 2.16. The Morgan fingerprint density at radius 1 is 1.44 bits per heavy atom. The number of rotatable bonds is 6. The molecule has 0 aliphatic rings. The van der Waals surface area contributed by atoms with E-state index in [0.29, 0.717) is 13.0 Å². The molecular weight excluding hydrogens is 252 g/mol. The van der Waals surface area contributed by atoms with Gasteiger partial charge in [0.1, 0.15) is 6.04 Å². The van der Waals surface area contributed by atoms with Gasteiger partial charge in [-0.3, -0.25) is 0 Å². The van der Waals surface area contributed by atoms with Gasteiger partial charge in [0.15, 0.2) is 0 Å². The summed E-state index contributed by atoms with van der Waals surface area (Å²) in [5.74, 6) is -1.02. The van der Waals surface area contributed by atoms with Crippen molar-refractivity contribution in [3.63, 3.8) is 0 Å². The predicted octanol–water partition coefficient (Wildman–Crippen LogP) is 1.97. The molecule has 100 valence electrons. The van der Waals surface area contributed by atoms with E-state index in [1.807, 2.05) is 11.4 Å². The molecule has 0 saturated heterocycles. The van der Waals surface area contributed by atoms with Crippen molar-refractivity contribution in [1.29, 1.82) is 0 Å². The molecule has 0 aromatic carbocycles. The maximum Gasteiger partial charge on any atom is 0.326 e. The zero-order chi connectivity index (χ0) is 13.5. The van der Waals surface area contributed by atoms with Gasteiger partial charge in [0.05, 0.1) is 6.54 Å². The lowest BCUT2D eigenvalue weighted by Gasteiger charge is -2.13. The first kappa shape index (κ1) is 14.5. The summed E-state index contributed by atoms with van der Waals surface area (Å²) >= 11 is 1.59. The second kappa shape index (κ2) is 7.00. The molecule has 5 nitrogen and oxygen atoms in total. The highest BCUT2D eigenvalue weighted by molar-refractivity contribution is 7.10. The first-order chi connectivity index (χ1) is 8.58. The van der Waals surface area contributed by atoms with Crippen molar-refractivity contribution in [1.82, 2.24) is 10.6 Å². The molecular formula is C12H18N2O3S. The minimum absolute atomic E-state index is 0.363. The van der Waals surface area contributed by atoms with Gasteiger partial charge in [0, 0.05) is 4.88 Å². The quantitative estimate of drug-likeness (QED) is 0.739. The molecule has 1 heterocycles. The fraction of sp³-hybridized carbons (Fsp3) is 0.500. The Kier molecular flexibility index (Phi) is 5.64. The minimum atomic E-state index is -1.02. The lowest BCUT2D eigenvalue weighted by molar-refractivity contribution is -0.139. The third kappa shape index (κ3) is 4.03. The van der Waals surface area contributed by atoms with E-state index in [-0.39, 0.29) is 0 Å². The molecule has 0 aliphatic heterocycles. The average molecular weight is 270 g/mol. The number of nitrogens with one attached hydrogen (secondary N) is 2. The number of thiophene rings is 1. The van der Waals surface area contributed by atoms with E-state index in [1.165, 1.54) is 5.56 Å². The maximum atomic E-state index is 11.5. The Morgan fingerprint density at radius 2 is 2.17 bits per heavy atom. The lowest BCUT2D eigenvalue weighted by atomic mass is 10.2. The molecule has 1 aromatic heterocycles. The van der Waals surface area contributed by atoms with Crippen LogP contribution in [0.5, 0.6) is 0 Å². The van der Waals surface area contributed by atoms with Crippen LogP contribution in [-0.2, 0) is 17.8 Å². The van der Waals surface area contributed by atoms with Gasteiger partial charge in [-0.25, -0.2) is 9.59 Å². The van der Waals surface area contributed by atoms with Gasteiger partial charge >= 0.3 is 12.0 Å². The van der Waals surface area contributed by atoms with E-state index in [1.54, 1.807) is 18.3 Å². The Labute approximate surface area is 110 Å². The molecule has 0 saturated carbocycles. The summed E-state index contributed by atoms with van der Waals surface area (Å²) in [4.78, 5) is 23.4. The highest BCUT2D eigenvalue weighted by Gasteiger charge is 2.17. The van der Waals surface area contributed by atoms with Crippen molar-refractivity contribution < 1.29 is 14.7 Å². The van der Waals surface area contributed by atoms with Crippen LogP contribution in [0.15, 0.2) is 11.4 Å². The largest absolute Gasteiger partial charge is 0.480 e. The molecule has 6 heteroatoms. The monoisotopic (exact) mass is 270 g/mol. The summed E-state index contributed by atoms with van der Waals surface area (Å²) in [7, 11) is 0. The predicted molar refractivity (Wildman–Crippen MR) is 70.8 cm³/mol. The molecule has 18 heavy (non-hydrogen) atoms. The highest BCUT2D eigenvalue weighted by atomic mass is 32.1. The van der Waals surface area contributed by atoms with E-state index < -0.39 is 18.0 Å². The smallest absolute Gasteiger partial charge is 0.326 e. The maximum absolute atomic E-state index is 11.5. The lowest BCUT2D eigenvalue weighted by Crippen LogP contribution is -2.45. The van der Waals surface area contributed by atoms with Crippen LogP contribution in [0.2, 0.25) is 0 Å². The molecule has 0 aliphatic carbocycles. The molecule has 1 atom stereocenters. The summed E-state index contributed by atoms with van der Waals surface area (Å²) in [5.41, 5.74) is 1.21. The number of amides is 2. The zero-order valence-corrected chi connectivity index (χ0v) is 11.3. The number of carboxylic acid groups (broad SMARTS) is 1. The van der Waals surface area contributed by atoms with Crippen molar-refractivity contribution in [3.05, 3.63) is 21.9 Å². The summed E-state index contributed by atoms with van der Waals surface area (Å²) in [5, 5.41) is 15.9. The second-order valence-electron chi connectivity index (χ2n) is 3.85. The van der Waals surface area contributed by atoms with Crippen molar-refractivity contribution in [2.75, 3.05) is 0 Å². The number of hydrogen-bond acceptors (Lipinski definition) is 3. The van der Waals surface area contributed by atoms with Gasteiger partial charge in [0.25, 0.3) is 0 Å². The third-order valence-electron chi connectivity index (χ3n) is 2.64. The van der Waals surface area contributed by atoms with Crippen LogP contribution >= 0.6 is 11.3 Å². The molecule has 0 spiro atoms. The molecule has 2 amide bonds. The van der Waals surface area contributed by atoms with Gasteiger partial charge in [-0.1, -0.05) is 13.8 Å². The van der Waals surface area contributed by atoms with Gasteiger partial charge in [0.2, 0.25) is 0 Å². The van der Waals surface area contributed by atoms with Crippen LogP contribution in [0.25, 0.3) is 0 Å². The standard InChI is InChI=1S/C12H18N2O3S/c1-3-8-5-6-18-10(8)7-13-12(17)14-9(4-2)11(15)16/h5-6,9H,3-4,7H2,1-2H3,(H,15,16)(H2,13,14,17)/t9-/m0/s1. The number of carbonyl (C=O) groups excluding carboxylic acids is 1. The molecule has 0 radical (unpaired) electrons. The van der Waals surface area contributed by atoms with Crippen molar-refractivity contribution in [3.8, 4) is 0 Å². The number of aryl methyl sites for hydroxylation is 1. The molecule has 0 unspecified atom stereocenters. The zero-order valence-electron chi connectivity index (χ0n) is 10.5. The fourth-order valence-corrected chi connectivity index (χ4v) is 2.46. The number of aliphatic carboxylic acids is 1. The number of urea groups is 1. The van der Waals surface area contributed by atoms with Gasteiger partial charge in [-0.2, -0.15) is 0 Å². The van der Waals surface area contributed by atoms with Gasteiger partial charge in [-0.15, -0.1) is 11.3 Å². The molecule has 0 fully saturated rings. The van der Waals surface area contributed by atoms with Crippen molar-refractivity contribution in [2.24, 2.45) is 0 Å². The normalized spacial score (nSPS) is 11.9. The Bertz CT molecular complexity index is 417. The van der Waals surface area contributed by atoms with Crippen LogP contribution in [-0.4, -0.2) is 23.1 Å². The molecule has 0 bridgehead atoms. The Hall–Kier alpha value is -1.56. The molecule has 1 aromatic rings. The molecule has 1 rings (SSSR count). The van der Waals surface area contributed by atoms with Crippen LogP contribution in [0.4, 0.5) is 4.79 Å². The van der Waals surface area contributed by atoms with E-state index in [9.17, 15) is 9.59 Å². The Morgan fingerprint density at radius 3 is 2.72 bits per heavy atom. The average Bonchev–Trinajstić information content (AvgIpc) is 2.80. The van der Waals surface area contributed by atoms with Crippen LogP contribution in [0, 0.1) is 0 Å². The van der Waals surface area contributed by atoms with Crippen LogP contribution in [0.1, 0.15) is 30.7 Å². The van der Waals surface area contributed by atoms with E-state index in [0.717, 1.165) is 11.3 Å². The second-order valence-corrected chi connectivity index (χ2v) is 4.85. The SMILES string of the molecule is CCc1ccsc1CNC(=O)N[C@@H](CC)C(=O)O. The van der Waals surface area contributed by atoms with Crippen molar-refractivity contribution >= 4 is 23.3 Å². The number of hydrogen-bond donors (Lipinski definition) is 3. The van der Waals surface area contributed by atoms with Crippen LogP contribution < -0.4 is 10.6 Å². The number of carbonyl (C=O) groups is 2. The molecule has 3 N–H and O–H groups in total. The first-order valence-electron chi connectivity index (χ1n) is 5.90. The summed E-state index contributed by atoms with van der Waals surface area (Å²) in [6.45, 7) is 4.21. The van der Waals surface area contributed by atoms with E-state index in [2.05, 4.69) is 17.6 Å².